The summed E-state index contributed by atoms with van der Waals surface area (Å²) in [7, 11) is 0. The summed E-state index contributed by atoms with van der Waals surface area (Å²) in [4.78, 5) is 11.6. The Morgan fingerprint density at radius 3 is 2.93 bits per heavy atom. The van der Waals surface area contributed by atoms with Crippen molar-refractivity contribution < 1.29 is 4.79 Å². The quantitative estimate of drug-likeness (QED) is 0.582. The van der Waals surface area contributed by atoms with Gasteiger partial charge in [-0.05, 0) is 43.4 Å². The highest BCUT2D eigenvalue weighted by molar-refractivity contribution is 5.80. The smallest absolute Gasteiger partial charge is 0.133 e. The molecular weight excluding hydrogens is 172 g/mol. The number of carbonyl (C=O) groups is 1. The third kappa shape index (κ3) is 1.65. The lowest BCUT2D eigenvalue weighted by molar-refractivity contribution is -0.128. The fourth-order valence-corrected chi connectivity index (χ4v) is 3.48. The molecule has 0 aromatic carbocycles. The second-order valence-corrected chi connectivity index (χ2v) is 5.69. The van der Waals surface area contributed by atoms with Crippen LogP contribution in [0.15, 0.2) is 12.2 Å². The molecule has 14 heavy (non-hydrogen) atoms. The number of rotatable bonds is 1. The van der Waals surface area contributed by atoms with Crippen LogP contribution >= 0.6 is 0 Å². The van der Waals surface area contributed by atoms with Gasteiger partial charge in [-0.25, -0.2) is 0 Å². The molecule has 1 nitrogen and oxygen atoms in total. The van der Waals surface area contributed by atoms with Gasteiger partial charge in [0, 0.05) is 12.8 Å². The molecule has 0 amide bonds. The molecule has 0 N–H and O–H groups in total. The Morgan fingerprint density at radius 2 is 2.29 bits per heavy atom. The van der Waals surface area contributed by atoms with E-state index in [4.69, 9.17) is 0 Å². The first-order valence-electron chi connectivity index (χ1n) is 5.67. The molecule has 0 unspecified atom stereocenters. The van der Waals surface area contributed by atoms with Gasteiger partial charge in [0.2, 0.25) is 0 Å². The molecule has 0 aromatic heterocycles. The maximum Gasteiger partial charge on any atom is 0.133 e. The van der Waals surface area contributed by atoms with Crippen LogP contribution < -0.4 is 0 Å². The Hall–Kier alpha value is -0.590. The molecule has 2 aliphatic rings. The summed E-state index contributed by atoms with van der Waals surface area (Å²) in [5.74, 6) is 1.70. The van der Waals surface area contributed by atoms with Crippen LogP contribution in [0.25, 0.3) is 0 Å². The number of carbonyl (C=O) groups excluding carboxylic acids is 1. The Morgan fingerprint density at radius 1 is 1.57 bits per heavy atom. The highest BCUT2D eigenvalue weighted by Gasteiger charge is 2.43. The van der Waals surface area contributed by atoms with Crippen molar-refractivity contribution in [2.75, 3.05) is 0 Å². The number of hydrogen-bond acceptors (Lipinski definition) is 1. The van der Waals surface area contributed by atoms with Crippen molar-refractivity contribution >= 4 is 5.78 Å². The molecule has 2 rings (SSSR count). The molecule has 78 valence electrons. The Balaban J connectivity index is 2.18. The fraction of sp³-hybridized carbons (Fsp3) is 0.769. The molecule has 2 fully saturated rings. The van der Waals surface area contributed by atoms with Crippen molar-refractivity contribution in [1.29, 1.82) is 0 Å². The van der Waals surface area contributed by atoms with Gasteiger partial charge in [0.1, 0.15) is 5.78 Å². The van der Waals surface area contributed by atoms with Crippen molar-refractivity contribution in [3.63, 3.8) is 0 Å². The van der Waals surface area contributed by atoms with Crippen LogP contribution in [0.3, 0.4) is 0 Å². The van der Waals surface area contributed by atoms with Crippen LogP contribution in [0, 0.1) is 17.3 Å². The molecule has 0 aliphatic heterocycles. The summed E-state index contributed by atoms with van der Waals surface area (Å²) >= 11 is 0. The van der Waals surface area contributed by atoms with Gasteiger partial charge in [0.15, 0.2) is 0 Å². The summed E-state index contributed by atoms with van der Waals surface area (Å²) in [5.41, 5.74) is 1.61. The summed E-state index contributed by atoms with van der Waals surface area (Å²) in [5, 5.41) is 0. The molecule has 0 aromatic rings. The topological polar surface area (TPSA) is 17.1 Å². The lowest BCUT2D eigenvalue weighted by atomic mass is 9.58. The van der Waals surface area contributed by atoms with E-state index >= 15 is 0 Å². The van der Waals surface area contributed by atoms with E-state index < -0.39 is 0 Å². The Kier molecular flexibility index (Phi) is 2.29. The van der Waals surface area contributed by atoms with Gasteiger partial charge in [-0.3, -0.25) is 4.79 Å². The third-order valence-electron chi connectivity index (χ3n) is 4.13. The van der Waals surface area contributed by atoms with E-state index in [0.717, 1.165) is 12.8 Å². The lowest BCUT2D eigenvalue weighted by Crippen LogP contribution is -2.39. The maximum absolute atomic E-state index is 11.6. The van der Waals surface area contributed by atoms with Gasteiger partial charge in [-0.1, -0.05) is 19.1 Å². The molecule has 0 spiro atoms. The number of Topliss-reactive ketones (excluding diaryl/α,β-unsaturated/α-hetero) is 1. The van der Waals surface area contributed by atoms with Crippen LogP contribution in [-0.2, 0) is 4.79 Å². The highest BCUT2D eigenvalue weighted by Crippen LogP contribution is 2.51. The minimum atomic E-state index is 0.325. The molecule has 2 bridgehead atoms. The summed E-state index contributed by atoms with van der Waals surface area (Å²) in [6.45, 7) is 8.46. The SMILES string of the molecule is C=C(C)[C@@H]1CC[C@]2(C)CC(=O)C[C@@H]1C2. The van der Waals surface area contributed by atoms with Crippen LogP contribution in [0.2, 0.25) is 0 Å². The van der Waals surface area contributed by atoms with Gasteiger partial charge in [0.05, 0.1) is 0 Å². The number of ketones is 1. The minimum Gasteiger partial charge on any atom is -0.300 e. The minimum absolute atomic E-state index is 0.325. The summed E-state index contributed by atoms with van der Waals surface area (Å²) < 4.78 is 0. The largest absolute Gasteiger partial charge is 0.300 e. The van der Waals surface area contributed by atoms with Crippen LogP contribution in [0.4, 0.5) is 0 Å². The molecular formula is C13H20O. The zero-order chi connectivity index (χ0) is 10.3. The average molecular weight is 192 g/mol. The number of hydrogen-bond donors (Lipinski definition) is 0. The standard InChI is InChI=1S/C13H20O/c1-9(2)12-4-5-13(3)7-10(12)6-11(14)8-13/h10,12H,1,4-8H2,2-3H3/t10-,12+,13+/m1/s1. The van der Waals surface area contributed by atoms with Gasteiger partial charge >= 0.3 is 0 Å². The highest BCUT2D eigenvalue weighted by atomic mass is 16.1. The third-order valence-corrected chi connectivity index (χ3v) is 4.13. The molecule has 0 heterocycles. The number of fused-ring (bicyclic) bond motifs is 2. The Bertz CT molecular complexity index is 279. The van der Waals surface area contributed by atoms with E-state index in [1.807, 2.05) is 0 Å². The van der Waals surface area contributed by atoms with Crippen LogP contribution in [0.1, 0.15) is 46.0 Å². The zero-order valence-corrected chi connectivity index (χ0v) is 9.31. The molecule has 1 heteroatoms. The lowest BCUT2D eigenvalue weighted by Gasteiger charge is -2.46. The van der Waals surface area contributed by atoms with E-state index in [-0.39, 0.29) is 0 Å². The van der Waals surface area contributed by atoms with E-state index in [1.165, 1.54) is 24.8 Å². The van der Waals surface area contributed by atoms with Gasteiger partial charge in [-0.15, -0.1) is 0 Å². The molecule has 2 saturated carbocycles. The zero-order valence-electron chi connectivity index (χ0n) is 9.31. The second-order valence-electron chi connectivity index (χ2n) is 5.69. The molecule has 0 saturated heterocycles. The second kappa shape index (κ2) is 3.22. The predicted octanol–water partition coefficient (Wildman–Crippen LogP) is 3.35. The van der Waals surface area contributed by atoms with Crippen molar-refractivity contribution in [3.05, 3.63) is 12.2 Å². The first-order valence-corrected chi connectivity index (χ1v) is 5.67. The Labute approximate surface area is 86.6 Å². The van der Waals surface area contributed by atoms with Crippen molar-refractivity contribution in [3.8, 4) is 0 Å². The molecule has 2 aliphatic carbocycles. The van der Waals surface area contributed by atoms with Crippen LogP contribution in [0.5, 0.6) is 0 Å². The predicted molar refractivity (Wildman–Crippen MR) is 58.0 cm³/mol. The average Bonchev–Trinajstić information content (AvgIpc) is 2.00. The summed E-state index contributed by atoms with van der Waals surface area (Å²) in [6.07, 6.45) is 5.35. The van der Waals surface area contributed by atoms with E-state index in [0.29, 0.717) is 23.0 Å². The van der Waals surface area contributed by atoms with Gasteiger partial charge in [-0.2, -0.15) is 0 Å². The fourth-order valence-electron chi connectivity index (χ4n) is 3.48. The maximum atomic E-state index is 11.6. The normalized spacial score (nSPS) is 42.3. The van der Waals surface area contributed by atoms with Crippen LogP contribution in [-0.4, -0.2) is 5.78 Å². The van der Waals surface area contributed by atoms with Gasteiger partial charge < -0.3 is 0 Å². The monoisotopic (exact) mass is 192 g/mol. The van der Waals surface area contributed by atoms with E-state index in [9.17, 15) is 4.79 Å². The van der Waals surface area contributed by atoms with Gasteiger partial charge in [0.25, 0.3) is 0 Å². The molecule has 0 radical (unpaired) electrons. The van der Waals surface area contributed by atoms with Crippen molar-refractivity contribution in [2.24, 2.45) is 17.3 Å². The van der Waals surface area contributed by atoms with Crippen molar-refractivity contribution in [2.45, 2.75) is 46.0 Å². The molecule has 3 atom stereocenters. The van der Waals surface area contributed by atoms with E-state index in [1.54, 1.807) is 0 Å². The first-order chi connectivity index (χ1) is 6.50. The summed E-state index contributed by atoms with van der Waals surface area (Å²) in [6, 6.07) is 0. The first kappa shape index (κ1) is 9.95. The number of allylic oxidation sites excluding steroid dienone is 1. The van der Waals surface area contributed by atoms with E-state index in [2.05, 4.69) is 20.4 Å². The van der Waals surface area contributed by atoms with Crippen molar-refractivity contribution in [1.82, 2.24) is 0 Å².